The van der Waals surface area contributed by atoms with Crippen molar-refractivity contribution in [2.24, 2.45) is 5.73 Å². The van der Waals surface area contributed by atoms with Crippen LogP contribution in [0.2, 0.25) is 0 Å². The summed E-state index contributed by atoms with van der Waals surface area (Å²) in [5.41, 5.74) is 6.09. The van der Waals surface area contributed by atoms with E-state index in [-0.39, 0.29) is 5.69 Å². The van der Waals surface area contributed by atoms with Crippen LogP contribution in [0.4, 0.5) is 13.2 Å². The molecule has 1 amide bonds. The normalized spacial score (nSPS) is 11.6. The lowest BCUT2D eigenvalue weighted by Gasteiger charge is -2.09. The van der Waals surface area contributed by atoms with Gasteiger partial charge in [-0.25, -0.2) is 4.98 Å². The summed E-state index contributed by atoms with van der Waals surface area (Å²) in [5, 5.41) is 0. The molecule has 0 aliphatic rings. The van der Waals surface area contributed by atoms with Gasteiger partial charge in [0.25, 0.3) is 5.91 Å². The van der Waals surface area contributed by atoms with Gasteiger partial charge >= 0.3 is 6.18 Å². The van der Waals surface area contributed by atoms with Crippen LogP contribution >= 0.6 is 0 Å². The molecule has 23 heavy (non-hydrogen) atoms. The summed E-state index contributed by atoms with van der Waals surface area (Å²) in [5.74, 6) is -0.741. The minimum Gasteiger partial charge on any atom is -0.364 e. The van der Waals surface area contributed by atoms with Crippen LogP contribution in [-0.4, -0.2) is 20.9 Å². The molecule has 2 N–H and O–H groups in total. The third kappa shape index (κ3) is 2.83. The van der Waals surface area contributed by atoms with Crippen molar-refractivity contribution in [2.75, 3.05) is 0 Å². The Bertz CT molecular complexity index is 891. The summed E-state index contributed by atoms with van der Waals surface area (Å²) < 4.78 is 37.9. The molecule has 5 nitrogen and oxygen atoms in total. The highest BCUT2D eigenvalue weighted by atomic mass is 19.4. The van der Waals surface area contributed by atoms with Crippen LogP contribution in [-0.2, 0) is 6.18 Å². The minimum atomic E-state index is -4.41. The van der Waals surface area contributed by atoms with E-state index in [9.17, 15) is 18.0 Å². The van der Waals surface area contributed by atoms with Crippen molar-refractivity contribution in [3.63, 3.8) is 0 Å². The predicted octanol–water partition coefficient (Wildman–Crippen LogP) is 2.81. The Hall–Kier alpha value is -3.03. The summed E-state index contributed by atoms with van der Waals surface area (Å²) in [4.78, 5) is 23.4. The lowest BCUT2D eigenvalue weighted by atomic mass is 10.0. The monoisotopic (exact) mass is 318 g/mol. The van der Waals surface area contributed by atoms with Crippen LogP contribution in [0.15, 0.2) is 42.9 Å². The van der Waals surface area contributed by atoms with Gasteiger partial charge in [0.2, 0.25) is 0 Å². The number of carbonyl (C=O) groups is 1. The van der Waals surface area contributed by atoms with Crippen molar-refractivity contribution in [3.8, 4) is 11.1 Å². The maximum absolute atomic E-state index is 12.6. The molecule has 116 valence electrons. The standard InChI is InChI=1S/C15H9F3N4O/c16-15(17,18)9-3-1-8(2-4-9)10-5-20-6-11-13(10)22-12(7-21-11)14(19)23/h1-7H,(H2,19,23). The number of primary amides is 1. The van der Waals surface area contributed by atoms with E-state index in [2.05, 4.69) is 15.0 Å². The lowest BCUT2D eigenvalue weighted by molar-refractivity contribution is -0.137. The van der Waals surface area contributed by atoms with E-state index in [1.807, 2.05) is 0 Å². The molecule has 0 aliphatic heterocycles. The second kappa shape index (κ2) is 5.31. The van der Waals surface area contributed by atoms with Gasteiger partial charge in [-0.1, -0.05) is 12.1 Å². The largest absolute Gasteiger partial charge is 0.416 e. The Morgan fingerprint density at radius 1 is 1.04 bits per heavy atom. The van der Waals surface area contributed by atoms with Crippen LogP contribution in [0.5, 0.6) is 0 Å². The predicted molar refractivity (Wildman–Crippen MR) is 76.3 cm³/mol. The number of halogens is 3. The van der Waals surface area contributed by atoms with Gasteiger partial charge in [-0.15, -0.1) is 0 Å². The summed E-state index contributed by atoms with van der Waals surface area (Å²) >= 11 is 0. The molecule has 0 aliphatic carbocycles. The van der Waals surface area contributed by atoms with E-state index in [1.54, 1.807) is 0 Å². The van der Waals surface area contributed by atoms with E-state index in [0.717, 1.165) is 12.1 Å². The Balaban J connectivity index is 2.15. The van der Waals surface area contributed by atoms with Crippen LogP contribution < -0.4 is 5.73 Å². The van der Waals surface area contributed by atoms with Gasteiger partial charge < -0.3 is 5.73 Å². The van der Waals surface area contributed by atoms with Gasteiger partial charge in [-0.3, -0.25) is 14.8 Å². The average molecular weight is 318 g/mol. The molecule has 3 rings (SSSR count). The van der Waals surface area contributed by atoms with Crippen LogP contribution in [0, 0.1) is 0 Å². The zero-order valence-corrected chi connectivity index (χ0v) is 11.5. The zero-order valence-electron chi connectivity index (χ0n) is 11.5. The molecule has 0 fully saturated rings. The van der Waals surface area contributed by atoms with Crippen molar-refractivity contribution in [3.05, 3.63) is 54.1 Å². The summed E-state index contributed by atoms with van der Waals surface area (Å²) in [7, 11) is 0. The molecule has 2 aromatic heterocycles. The molecular weight excluding hydrogens is 309 g/mol. The number of hydrogen-bond donors (Lipinski definition) is 1. The highest BCUT2D eigenvalue weighted by Gasteiger charge is 2.30. The topological polar surface area (TPSA) is 81.8 Å². The maximum atomic E-state index is 12.6. The average Bonchev–Trinajstić information content (AvgIpc) is 2.53. The van der Waals surface area contributed by atoms with Crippen molar-refractivity contribution >= 4 is 16.9 Å². The Kier molecular flexibility index (Phi) is 3.44. The van der Waals surface area contributed by atoms with E-state index in [0.29, 0.717) is 22.2 Å². The van der Waals surface area contributed by atoms with Crippen LogP contribution in [0.1, 0.15) is 16.1 Å². The molecule has 0 spiro atoms. The SMILES string of the molecule is NC(=O)c1cnc2cncc(-c3ccc(C(F)(F)F)cc3)c2n1. The molecule has 0 saturated heterocycles. The first-order valence-electron chi connectivity index (χ1n) is 6.44. The zero-order chi connectivity index (χ0) is 16.6. The number of nitrogens with zero attached hydrogens (tertiary/aromatic N) is 3. The van der Waals surface area contributed by atoms with Gasteiger partial charge in [0.15, 0.2) is 0 Å². The molecule has 8 heteroatoms. The number of amides is 1. The first-order chi connectivity index (χ1) is 10.9. The molecule has 0 unspecified atom stereocenters. The van der Waals surface area contributed by atoms with Crippen molar-refractivity contribution in [2.45, 2.75) is 6.18 Å². The first kappa shape index (κ1) is 14.9. The molecule has 3 aromatic rings. The molecule has 0 atom stereocenters. The van der Waals surface area contributed by atoms with E-state index >= 15 is 0 Å². The number of pyridine rings is 1. The van der Waals surface area contributed by atoms with Gasteiger partial charge in [0.05, 0.1) is 18.0 Å². The number of alkyl halides is 3. The Morgan fingerprint density at radius 2 is 1.74 bits per heavy atom. The number of hydrogen-bond acceptors (Lipinski definition) is 4. The summed E-state index contributed by atoms with van der Waals surface area (Å²) in [6.45, 7) is 0. The highest BCUT2D eigenvalue weighted by Crippen LogP contribution is 2.32. The second-order valence-electron chi connectivity index (χ2n) is 4.75. The molecule has 2 heterocycles. The van der Waals surface area contributed by atoms with Crippen molar-refractivity contribution in [1.29, 1.82) is 0 Å². The number of fused-ring (bicyclic) bond motifs is 1. The fraction of sp³-hybridized carbons (Fsp3) is 0.0667. The summed E-state index contributed by atoms with van der Waals surface area (Å²) in [6, 6.07) is 4.58. The molecule has 0 bridgehead atoms. The number of rotatable bonds is 2. The maximum Gasteiger partial charge on any atom is 0.416 e. The number of carbonyl (C=O) groups excluding carboxylic acids is 1. The molecule has 1 aromatic carbocycles. The van der Waals surface area contributed by atoms with Crippen molar-refractivity contribution in [1.82, 2.24) is 15.0 Å². The Labute approximate surface area is 128 Å². The fourth-order valence-corrected chi connectivity index (χ4v) is 2.10. The molecule has 0 saturated carbocycles. The van der Waals surface area contributed by atoms with Gasteiger partial charge in [0.1, 0.15) is 16.7 Å². The van der Waals surface area contributed by atoms with Gasteiger partial charge in [0, 0.05) is 11.8 Å². The number of nitrogens with two attached hydrogens (primary N) is 1. The van der Waals surface area contributed by atoms with Crippen LogP contribution in [0.3, 0.4) is 0 Å². The lowest BCUT2D eigenvalue weighted by Crippen LogP contribution is -2.13. The molecular formula is C15H9F3N4O. The van der Waals surface area contributed by atoms with Crippen LogP contribution in [0.25, 0.3) is 22.2 Å². The van der Waals surface area contributed by atoms with E-state index in [4.69, 9.17) is 5.73 Å². The smallest absolute Gasteiger partial charge is 0.364 e. The number of aromatic nitrogens is 3. The number of benzene rings is 1. The van der Waals surface area contributed by atoms with E-state index in [1.165, 1.54) is 30.7 Å². The van der Waals surface area contributed by atoms with Gasteiger partial charge in [-0.05, 0) is 17.7 Å². The quantitative estimate of drug-likeness (QED) is 0.787. The third-order valence-electron chi connectivity index (χ3n) is 3.23. The van der Waals surface area contributed by atoms with Gasteiger partial charge in [-0.2, -0.15) is 13.2 Å². The van der Waals surface area contributed by atoms with E-state index < -0.39 is 17.6 Å². The highest BCUT2D eigenvalue weighted by molar-refractivity contribution is 5.95. The fourth-order valence-electron chi connectivity index (χ4n) is 2.10. The second-order valence-corrected chi connectivity index (χ2v) is 4.75. The Morgan fingerprint density at radius 3 is 2.35 bits per heavy atom. The van der Waals surface area contributed by atoms with Crippen molar-refractivity contribution < 1.29 is 18.0 Å². The summed E-state index contributed by atoms with van der Waals surface area (Å²) in [6.07, 6.45) is -0.289. The molecule has 0 radical (unpaired) electrons. The minimum absolute atomic E-state index is 0.0307. The first-order valence-corrected chi connectivity index (χ1v) is 6.44. The third-order valence-corrected chi connectivity index (χ3v) is 3.23.